The molecule has 0 spiro atoms. The fourth-order valence-corrected chi connectivity index (χ4v) is 2.42. The first-order valence-corrected chi connectivity index (χ1v) is 6.59. The highest BCUT2D eigenvalue weighted by Crippen LogP contribution is 2.09. The summed E-state index contributed by atoms with van der Waals surface area (Å²) in [5.41, 5.74) is 0. The van der Waals surface area contributed by atoms with E-state index in [-0.39, 0.29) is 36.3 Å². The molecule has 104 valence electrons. The third kappa shape index (κ3) is 4.14. The molecule has 0 bridgehead atoms. The molecule has 2 unspecified atom stereocenters. The fraction of sp³-hybridized carbons (Fsp3) is 0.833. The van der Waals surface area contributed by atoms with E-state index in [4.69, 9.17) is 0 Å². The van der Waals surface area contributed by atoms with E-state index in [1.807, 2.05) is 0 Å². The van der Waals surface area contributed by atoms with Gasteiger partial charge in [0.15, 0.2) is 0 Å². The van der Waals surface area contributed by atoms with E-state index in [0.717, 1.165) is 51.6 Å². The number of hydrogen-bond acceptors (Lipinski definition) is 3. The van der Waals surface area contributed by atoms with E-state index >= 15 is 0 Å². The van der Waals surface area contributed by atoms with Gasteiger partial charge in [0.05, 0.1) is 6.04 Å². The van der Waals surface area contributed by atoms with Crippen LogP contribution in [0, 0.1) is 0 Å². The molecule has 3 N–H and O–H groups in total. The SMILES string of the molecule is Cl.O=C(NC1CCCCNC1=O)C1CCCCN1. The summed E-state index contributed by atoms with van der Waals surface area (Å²) in [4.78, 5) is 23.7. The molecular weight excluding hydrogens is 254 g/mol. The highest BCUT2D eigenvalue weighted by Gasteiger charge is 2.26. The lowest BCUT2D eigenvalue weighted by molar-refractivity contribution is -0.130. The Morgan fingerprint density at radius 3 is 2.56 bits per heavy atom. The van der Waals surface area contributed by atoms with E-state index in [1.54, 1.807) is 0 Å². The molecule has 2 aliphatic rings. The third-order valence-corrected chi connectivity index (χ3v) is 3.48. The van der Waals surface area contributed by atoms with Crippen LogP contribution in [0.2, 0.25) is 0 Å². The molecule has 2 aliphatic heterocycles. The molecule has 0 aromatic carbocycles. The lowest BCUT2D eigenvalue weighted by atomic mass is 10.0. The van der Waals surface area contributed by atoms with Crippen LogP contribution in [0.15, 0.2) is 0 Å². The summed E-state index contributed by atoms with van der Waals surface area (Å²) in [7, 11) is 0. The zero-order valence-corrected chi connectivity index (χ0v) is 11.4. The van der Waals surface area contributed by atoms with E-state index < -0.39 is 0 Å². The maximum atomic E-state index is 12.0. The maximum Gasteiger partial charge on any atom is 0.242 e. The van der Waals surface area contributed by atoms with Gasteiger partial charge in [-0.3, -0.25) is 9.59 Å². The second kappa shape index (κ2) is 7.59. The van der Waals surface area contributed by atoms with Crippen LogP contribution in [-0.2, 0) is 9.59 Å². The molecule has 2 amide bonds. The summed E-state index contributed by atoms with van der Waals surface area (Å²) >= 11 is 0. The Bertz CT molecular complexity index is 293. The summed E-state index contributed by atoms with van der Waals surface area (Å²) in [5.74, 6) is -0.0570. The van der Waals surface area contributed by atoms with E-state index in [1.165, 1.54) is 0 Å². The second-order valence-corrected chi connectivity index (χ2v) is 4.85. The van der Waals surface area contributed by atoms with Gasteiger partial charge < -0.3 is 16.0 Å². The normalized spacial score (nSPS) is 28.6. The molecule has 18 heavy (non-hydrogen) atoms. The van der Waals surface area contributed by atoms with Gasteiger partial charge in [-0.15, -0.1) is 12.4 Å². The van der Waals surface area contributed by atoms with Crippen molar-refractivity contribution in [3.05, 3.63) is 0 Å². The number of piperidine rings is 1. The van der Waals surface area contributed by atoms with E-state index in [9.17, 15) is 9.59 Å². The average molecular weight is 276 g/mol. The monoisotopic (exact) mass is 275 g/mol. The number of hydrogen-bond donors (Lipinski definition) is 3. The number of carbonyl (C=O) groups is 2. The van der Waals surface area contributed by atoms with Crippen LogP contribution in [0.25, 0.3) is 0 Å². The highest BCUT2D eigenvalue weighted by molar-refractivity contribution is 5.89. The van der Waals surface area contributed by atoms with Crippen LogP contribution < -0.4 is 16.0 Å². The van der Waals surface area contributed by atoms with Gasteiger partial charge in [0.25, 0.3) is 0 Å². The largest absolute Gasteiger partial charge is 0.354 e. The van der Waals surface area contributed by atoms with Gasteiger partial charge in [0, 0.05) is 6.54 Å². The molecule has 0 saturated carbocycles. The Morgan fingerprint density at radius 1 is 1.11 bits per heavy atom. The lowest BCUT2D eigenvalue weighted by Crippen LogP contribution is -2.53. The van der Waals surface area contributed by atoms with Crippen molar-refractivity contribution in [2.45, 2.75) is 50.6 Å². The number of rotatable bonds is 2. The first-order chi connectivity index (χ1) is 8.27. The van der Waals surface area contributed by atoms with E-state index in [2.05, 4.69) is 16.0 Å². The molecule has 2 saturated heterocycles. The Hall–Kier alpha value is -0.810. The van der Waals surface area contributed by atoms with Gasteiger partial charge in [-0.2, -0.15) is 0 Å². The van der Waals surface area contributed by atoms with Crippen molar-refractivity contribution < 1.29 is 9.59 Å². The molecule has 0 radical (unpaired) electrons. The van der Waals surface area contributed by atoms with E-state index in [0.29, 0.717) is 0 Å². The van der Waals surface area contributed by atoms with Gasteiger partial charge in [-0.05, 0) is 38.6 Å². The van der Waals surface area contributed by atoms with Gasteiger partial charge in [-0.1, -0.05) is 6.42 Å². The predicted molar refractivity (Wildman–Crippen MR) is 71.7 cm³/mol. The molecule has 2 rings (SSSR count). The maximum absolute atomic E-state index is 12.0. The summed E-state index contributed by atoms with van der Waals surface area (Å²) in [6.45, 7) is 1.63. The Balaban J connectivity index is 0.00000162. The van der Waals surface area contributed by atoms with Crippen molar-refractivity contribution in [1.29, 1.82) is 0 Å². The standard InChI is InChI=1S/C12H21N3O2.ClH/c16-11-10(6-2-4-8-14-11)15-12(17)9-5-1-3-7-13-9;/h9-10,13H,1-8H2,(H,14,16)(H,15,17);1H. The van der Waals surface area contributed by atoms with Crippen molar-refractivity contribution in [3.63, 3.8) is 0 Å². The Labute approximate surface area is 114 Å². The number of amides is 2. The second-order valence-electron chi connectivity index (χ2n) is 4.85. The molecule has 0 aliphatic carbocycles. The van der Waals surface area contributed by atoms with Gasteiger partial charge in [-0.25, -0.2) is 0 Å². The number of carbonyl (C=O) groups excluding carboxylic acids is 2. The van der Waals surface area contributed by atoms with Crippen molar-refractivity contribution in [1.82, 2.24) is 16.0 Å². The minimum atomic E-state index is -0.339. The Kier molecular flexibility index (Phi) is 6.43. The van der Waals surface area contributed by atoms with Crippen LogP contribution in [0.3, 0.4) is 0 Å². The van der Waals surface area contributed by atoms with Gasteiger partial charge in [0.1, 0.15) is 6.04 Å². The molecule has 5 nitrogen and oxygen atoms in total. The van der Waals surface area contributed by atoms with Crippen LogP contribution in [0.5, 0.6) is 0 Å². The summed E-state index contributed by atoms with van der Waals surface area (Å²) < 4.78 is 0. The highest BCUT2D eigenvalue weighted by atomic mass is 35.5. The minimum absolute atomic E-state index is 0. The minimum Gasteiger partial charge on any atom is -0.354 e. The smallest absolute Gasteiger partial charge is 0.242 e. The zero-order chi connectivity index (χ0) is 12.1. The van der Waals surface area contributed by atoms with Crippen molar-refractivity contribution >= 4 is 24.2 Å². The first kappa shape index (κ1) is 15.2. The fourth-order valence-electron chi connectivity index (χ4n) is 2.42. The molecule has 6 heteroatoms. The average Bonchev–Trinajstić information content (AvgIpc) is 2.56. The number of halogens is 1. The Morgan fingerprint density at radius 2 is 1.83 bits per heavy atom. The van der Waals surface area contributed by atoms with Crippen LogP contribution in [-0.4, -0.2) is 37.0 Å². The predicted octanol–water partition coefficient (Wildman–Crippen LogP) is 0.335. The molecule has 2 heterocycles. The molecule has 2 atom stereocenters. The first-order valence-electron chi connectivity index (χ1n) is 6.59. The molecule has 2 fully saturated rings. The molecule has 0 aromatic heterocycles. The lowest BCUT2D eigenvalue weighted by Gasteiger charge is -2.24. The topological polar surface area (TPSA) is 70.2 Å². The van der Waals surface area contributed by atoms with Crippen LogP contribution >= 0.6 is 12.4 Å². The van der Waals surface area contributed by atoms with Crippen LogP contribution in [0.1, 0.15) is 38.5 Å². The van der Waals surface area contributed by atoms with Crippen molar-refractivity contribution in [2.75, 3.05) is 13.1 Å². The number of nitrogens with one attached hydrogen (secondary N) is 3. The van der Waals surface area contributed by atoms with Crippen molar-refractivity contribution in [2.24, 2.45) is 0 Å². The zero-order valence-electron chi connectivity index (χ0n) is 10.5. The summed E-state index contributed by atoms with van der Waals surface area (Å²) in [6, 6.07) is -0.450. The molecule has 0 aromatic rings. The van der Waals surface area contributed by atoms with Crippen LogP contribution in [0.4, 0.5) is 0 Å². The van der Waals surface area contributed by atoms with Gasteiger partial charge in [0.2, 0.25) is 11.8 Å². The quantitative estimate of drug-likeness (QED) is 0.680. The summed E-state index contributed by atoms with van der Waals surface area (Å²) in [5, 5.41) is 8.89. The van der Waals surface area contributed by atoms with Crippen molar-refractivity contribution in [3.8, 4) is 0 Å². The molecular formula is C12H22ClN3O2. The summed E-state index contributed by atoms with van der Waals surface area (Å²) in [6.07, 6.45) is 5.84. The van der Waals surface area contributed by atoms with Gasteiger partial charge >= 0.3 is 0 Å². The third-order valence-electron chi connectivity index (χ3n) is 3.48.